The molecule has 0 radical (unpaired) electrons. The second-order valence-corrected chi connectivity index (χ2v) is 5.44. The minimum absolute atomic E-state index is 0.00983. The van der Waals surface area contributed by atoms with Gasteiger partial charge in [-0.15, -0.1) is 0 Å². The Bertz CT molecular complexity index is 600. The van der Waals surface area contributed by atoms with Crippen LogP contribution in [0.15, 0.2) is 30.5 Å². The van der Waals surface area contributed by atoms with Gasteiger partial charge in [0.05, 0.1) is 5.69 Å². The molecule has 0 unspecified atom stereocenters. The number of nitrogens with zero attached hydrogens (tertiary/aromatic N) is 3. The number of likely N-dealkylation sites (N-methyl/N-ethyl adjacent to an activating group) is 1. The van der Waals surface area contributed by atoms with Crippen molar-refractivity contribution in [2.24, 2.45) is 0 Å². The van der Waals surface area contributed by atoms with Crippen LogP contribution in [0.25, 0.3) is 12.2 Å². The molecule has 2 rings (SSSR count). The van der Waals surface area contributed by atoms with Crippen molar-refractivity contribution < 1.29 is 14.7 Å². The highest BCUT2D eigenvalue weighted by Gasteiger charge is 2.16. The second kappa shape index (κ2) is 8.36. The summed E-state index contributed by atoms with van der Waals surface area (Å²) < 4.78 is 0. The lowest BCUT2D eigenvalue weighted by atomic mass is 10.2. The number of carbonyl (C=O) groups is 2. The Kier molecular flexibility index (Phi) is 6.19. The molecule has 1 amide bonds. The molecular formula is C17H21N3O3. The fourth-order valence-corrected chi connectivity index (χ4v) is 2.14. The van der Waals surface area contributed by atoms with Crippen LogP contribution < -0.4 is 0 Å². The molecule has 1 aromatic rings. The van der Waals surface area contributed by atoms with Crippen LogP contribution in [0, 0.1) is 0 Å². The fourth-order valence-electron chi connectivity index (χ4n) is 2.14. The van der Waals surface area contributed by atoms with Gasteiger partial charge in [-0.2, -0.15) is 0 Å². The Morgan fingerprint density at radius 2 is 1.91 bits per heavy atom. The minimum atomic E-state index is -0.508. The van der Waals surface area contributed by atoms with Gasteiger partial charge < -0.3 is 14.9 Å². The number of aromatic nitrogens is 1. The molecule has 1 aliphatic rings. The standard InChI is InChI=1S/C17H21N3O3/c1-19-8-10-20(11-9-19)17(23)7-3-14-2-4-15(18-12-14)5-6-16(22)13-21/h2-7,12,21H,8-11,13H2,1H3/b6-5+,7-3+. The van der Waals surface area contributed by atoms with Crippen molar-refractivity contribution in [1.29, 1.82) is 0 Å². The number of aliphatic hydroxyl groups excluding tert-OH is 1. The van der Waals surface area contributed by atoms with Gasteiger partial charge in [0, 0.05) is 38.5 Å². The van der Waals surface area contributed by atoms with Gasteiger partial charge in [-0.05, 0) is 36.9 Å². The number of aliphatic hydroxyl groups is 1. The maximum absolute atomic E-state index is 12.1. The van der Waals surface area contributed by atoms with Crippen molar-refractivity contribution in [3.8, 4) is 0 Å². The number of hydrogen-bond acceptors (Lipinski definition) is 5. The van der Waals surface area contributed by atoms with Gasteiger partial charge in [0.15, 0.2) is 5.78 Å². The van der Waals surface area contributed by atoms with Crippen molar-refractivity contribution in [3.63, 3.8) is 0 Å². The summed E-state index contributed by atoms with van der Waals surface area (Å²) in [5, 5.41) is 8.63. The molecule has 0 spiro atoms. The molecule has 122 valence electrons. The molecule has 6 heteroatoms. The van der Waals surface area contributed by atoms with E-state index in [1.54, 1.807) is 30.5 Å². The first-order valence-electron chi connectivity index (χ1n) is 7.52. The van der Waals surface area contributed by atoms with Crippen LogP contribution in [0.4, 0.5) is 0 Å². The van der Waals surface area contributed by atoms with Crippen molar-refractivity contribution in [2.45, 2.75) is 0 Å². The number of amides is 1. The van der Waals surface area contributed by atoms with Crippen LogP contribution in [-0.2, 0) is 9.59 Å². The normalized spacial score (nSPS) is 16.3. The average Bonchev–Trinajstić information content (AvgIpc) is 2.59. The summed E-state index contributed by atoms with van der Waals surface area (Å²) in [6.07, 6.45) is 7.76. The predicted molar refractivity (Wildman–Crippen MR) is 88.5 cm³/mol. The molecule has 0 saturated carbocycles. The lowest BCUT2D eigenvalue weighted by Crippen LogP contribution is -2.46. The summed E-state index contributed by atoms with van der Waals surface area (Å²) in [5.41, 5.74) is 1.44. The molecule has 1 saturated heterocycles. The third-order valence-corrected chi connectivity index (χ3v) is 3.64. The largest absolute Gasteiger partial charge is 0.388 e. The van der Waals surface area contributed by atoms with Crippen LogP contribution in [0.5, 0.6) is 0 Å². The molecule has 1 N–H and O–H groups in total. The lowest BCUT2D eigenvalue weighted by molar-refractivity contribution is -0.127. The van der Waals surface area contributed by atoms with Crippen LogP contribution in [-0.4, -0.2) is 71.4 Å². The number of rotatable bonds is 5. The Morgan fingerprint density at radius 3 is 2.52 bits per heavy atom. The predicted octanol–water partition coefficient (Wildman–Crippen LogP) is 0.443. The van der Waals surface area contributed by atoms with Gasteiger partial charge in [0.1, 0.15) is 6.61 Å². The van der Waals surface area contributed by atoms with Crippen molar-refractivity contribution in [1.82, 2.24) is 14.8 Å². The molecule has 0 aliphatic carbocycles. The summed E-state index contributed by atoms with van der Waals surface area (Å²) in [6.45, 7) is 2.79. The van der Waals surface area contributed by atoms with E-state index in [2.05, 4.69) is 9.88 Å². The maximum Gasteiger partial charge on any atom is 0.246 e. The Balaban J connectivity index is 1.91. The number of ketones is 1. The van der Waals surface area contributed by atoms with E-state index in [0.717, 1.165) is 31.7 Å². The van der Waals surface area contributed by atoms with E-state index in [4.69, 9.17) is 5.11 Å². The Hall–Kier alpha value is -2.31. The van der Waals surface area contributed by atoms with E-state index in [1.807, 2.05) is 18.0 Å². The van der Waals surface area contributed by atoms with Gasteiger partial charge in [0.25, 0.3) is 0 Å². The maximum atomic E-state index is 12.1. The fraction of sp³-hybridized carbons (Fsp3) is 0.353. The topological polar surface area (TPSA) is 73.7 Å². The minimum Gasteiger partial charge on any atom is -0.388 e. The zero-order chi connectivity index (χ0) is 16.7. The molecule has 1 aromatic heterocycles. The van der Waals surface area contributed by atoms with Crippen LogP contribution in [0.1, 0.15) is 11.3 Å². The smallest absolute Gasteiger partial charge is 0.246 e. The van der Waals surface area contributed by atoms with Crippen LogP contribution in [0.2, 0.25) is 0 Å². The summed E-state index contributed by atoms with van der Waals surface area (Å²) in [6, 6.07) is 3.57. The summed E-state index contributed by atoms with van der Waals surface area (Å²) >= 11 is 0. The third-order valence-electron chi connectivity index (χ3n) is 3.64. The number of hydrogen-bond donors (Lipinski definition) is 1. The van der Waals surface area contributed by atoms with Gasteiger partial charge in [-0.3, -0.25) is 14.6 Å². The summed E-state index contributed by atoms with van der Waals surface area (Å²) in [5.74, 6) is -0.357. The number of carbonyl (C=O) groups excluding carboxylic acids is 2. The van der Waals surface area contributed by atoms with E-state index >= 15 is 0 Å². The Morgan fingerprint density at radius 1 is 1.17 bits per heavy atom. The van der Waals surface area contributed by atoms with Gasteiger partial charge >= 0.3 is 0 Å². The van der Waals surface area contributed by atoms with E-state index in [1.165, 1.54) is 6.08 Å². The first-order chi connectivity index (χ1) is 11.1. The van der Waals surface area contributed by atoms with Crippen molar-refractivity contribution in [3.05, 3.63) is 41.7 Å². The highest BCUT2D eigenvalue weighted by molar-refractivity contribution is 5.94. The van der Waals surface area contributed by atoms with E-state index in [-0.39, 0.29) is 11.7 Å². The van der Waals surface area contributed by atoms with Crippen molar-refractivity contribution >= 4 is 23.8 Å². The van der Waals surface area contributed by atoms with Gasteiger partial charge in [-0.1, -0.05) is 6.07 Å². The zero-order valence-corrected chi connectivity index (χ0v) is 13.2. The summed E-state index contributed by atoms with van der Waals surface area (Å²) in [4.78, 5) is 31.3. The number of piperazine rings is 1. The monoisotopic (exact) mass is 315 g/mol. The molecule has 23 heavy (non-hydrogen) atoms. The molecule has 0 aromatic carbocycles. The average molecular weight is 315 g/mol. The van der Waals surface area contributed by atoms with Crippen LogP contribution in [0.3, 0.4) is 0 Å². The molecule has 1 fully saturated rings. The van der Waals surface area contributed by atoms with Crippen LogP contribution >= 0.6 is 0 Å². The SMILES string of the molecule is CN1CCN(C(=O)/C=C/c2ccc(/C=C/C(=O)CO)nc2)CC1. The van der Waals surface area contributed by atoms with Gasteiger partial charge in [0.2, 0.25) is 5.91 Å². The zero-order valence-electron chi connectivity index (χ0n) is 13.2. The molecule has 2 heterocycles. The summed E-state index contributed by atoms with van der Waals surface area (Å²) in [7, 11) is 2.05. The first kappa shape index (κ1) is 17.1. The van der Waals surface area contributed by atoms with E-state index < -0.39 is 6.61 Å². The molecule has 6 nitrogen and oxygen atoms in total. The molecule has 0 atom stereocenters. The number of pyridine rings is 1. The third kappa shape index (κ3) is 5.43. The Labute approximate surface area is 135 Å². The van der Waals surface area contributed by atoms with Gasteiger partial charge in [-0.25, -0.2) is 0 Å². The second-order valence-electron chi connectivity index (χ2n) is 5.44. The molecule has 0 bridgehead atoms. The van der Waals surface area contributed by atoms with Crippen molar-refractivity contribution in [2.75, 3.05) is 39.8 Å². The first-order valence-corrected chi connectivity index (χ1v) is 7.52. The quantitative estimate of drug-likeness (QED) is 0.798. The van der Waals surface area contributed by atoms with E-state index in [9.17, 15) is 9.59 Å². The lowest BCUT2D eigenvalue weighted by Gasteiger charge is -2.31. The highest BCUT2D eigenvalue weighted by Crippen LogP contribution is 2.06. The van der Waals surface area contributed by atoms with E-state index in [0.29, 0.717) is 5.69 Å². The molecular weight excluding hydrogens is 294 g/mol. The molecule has 1 aliphatic heterocycles. The highest BCUT2D eigenvalue weighted by atomic mass is 16.3.